The van der Waals surface area contributed by atoms with Crippen LogP contribution in [0.5, 0.6) is 5.75 Å². The molecule has 1 aromatic heterocycles. The predicted octanol–water partition coefficient (Wildman–Crippen LogP) is 1.58. The average Bonchev–Trinajstić information content (AvgIpc) is 2.59. The van der Waals surface area contributed by atoms with Crippen LogP contribution < -0.4 is 15.5 Å². The van der Waals surface area contributed by atoms with E-state index in [-0.39, 0.29) is 0 Å². The normalized spacial score (nSPS) is 10.7. The van der Waals surface area contributed by atoms with Crippen molar-refractivity contribution >= 4 is 41.0 Å². The number of aromatic nitrogens is 2. The van der Waals surface area contributed by atoms with Gasteiger partial charge in [-0.05, 0) is 17.1 Å². The van der Waals surface area contributed by atoms with E-state index >= 15 is 0 Å². The lowest BCUT2D eigenvalue weighted by Gasteiger charge is -2.09. The number of fused-ring (bicyclic) bond motifs is 1. The van der Waals surface area contributed by atoms with Gasteiger partial charge in [-0.15, -0.1) is 0 Å². The molecule has 0 spiro atoms. The van der Waals surface area contributed by atoms with Crippen LogP contribution in [0.25, 0.3) is 11.0 Å². The highest BCUT2D eigenvalue weighted by molar-refractivity contribution is 6.58. The summed E-state index contributed by atoms with van der Waals surface area (Å²) < 4.78 is 5.16. The maximum atomic E-state index is 9.08. The van der Waals surface area contributed by atoms with Gasteiger partial charge in [0.1, 0.15) is 11.6 Å². The molecule has 0 bridgehead atoms. The Morgan fingerprint density at radius 3 is 2.58 bits per heavy atom. The van der Waals surface area contributed by atoms with Gasteiger partial charge in [-0.3, -0.25) is 4.98 Å². The summed E-state index contributed by atoms with van der Waals surface area (Å²) >= 11 is 6.11. The van der Waals surface area contributed by atoms with Gasteiger partial charge >= 0.3 is 7.12 Å². The van der Waals surface area contributed by atoms with E-state index < -0.39 is 7.12 Å². The first-order chi connectivity index (χ1) is 11.6. The molecule has 0 unspecified atom stereocenters. The number of ether oxygens (including phenoxy) is 1. The van der Waals surface area contributed by atoms with E-state index in [4.69, 9.17) is 26.4 Å². The van der Waals surface area contributed by atoms with E-state index in [0.29, 0.717) is 39.6 Å². The van der Waals surface area contributed by atoms with E-state index in [1.165, 1.54) is 0 Å². The van der Waals surface area contributed by atoms with Gasteiger partial charge in [0.25, 0.3) is 0 Å². The van der Waals surface area contributed by atoms with Crippen LogP contribution in [0.1, 0.15) is 5.56 Å². The van der Waals surface area contributed by atoms with E-state index in [1.807, 2.05) is 12.1 Å². The fourth-order valence-corrected chi connectivity index (χ4v) is 2.49. The Labute approximate surface area is 144 Å². The lowest BCUT2D eigenvalue weighted by atomic mass is 9.80. The summed E-state index contributed by atoms with van der Waals surface area (Å²) in [5, 5.41) is 21.8. The molecule has 3 rings (SSSR count). The molecule has 8 heteroatoms. The van der Waals surface area contributed by atoms with Crippen molar-refractivity contribution in [3.8, 4) is 5.75 Å². The molecule has 0 aliphatic carbocycles. The Morgan fingerprint density at radius 2 is 1.92 bits per heavy atom. The van der Waals surface area contributed by atoms with Gasteiger partial charge in [-0.1, -0.05) is 35.9 Å². The maximum absolute atomic E-state index is 9.08. The van der Waals surface area contributed by atoms with Crippen molar-refractivity contribution < 1.29 is 14.8 Å². The van der Waals surface area contributed by atoms with Gasteiger partial charge in [0.2, 0.25) is 0 Å². The zero-order chi connectivity index (χ0) is 17.1. The molecule has 1 heterocycles. The van der Waals surface area contributed by atoms with Crippen molar-refractivity contribution in [3.63, 3.8) is 0 Å². The molecule has 122 valence electrons. The largest absolute Gasteiger partial charge is 0.495 e. The number of methoxy groups -OCH3 is 1. The Kier molecular flexibility index (Phi) is 4.85. The Morgan fingerprint density at radius 1 is 1.17 bits per heavy atom. The van der Waals surface area contributed by atoms with Crippen molar-refractivity contribution in [2.75, 3.05) is 12.4 Å². The highest BCUT2D eigenvalue weighted by Crippen LogP contribution is 2.28. The Balaban J connectivity index is 1.75. The SMILES string of the molecule is COc1cc2ncc(NCc3ccc(B(O)O)cc3)nc2cc1Cl. The standard InChI is InChI=1S/C16H15BClN3O3/c1-24-15-7-13-14(6-12(15)18)21-16(9-19-13)20-8-10-2-4-11(5-3-10)17(22)23/h2-7,9,22-23H,8H2,1H3,(H,20,21). The van der Waals surface area contributed by atoms with Crippen molar-refractivity contribution in [1.82, 2.24) is 9.97 Å². The number of hydrogen-bond donors (Lipinski definition) is 3. The molecule has 0 amide bonds. The van der Waals surface area contributed by atoms with Crippen LogP contribution in [-0.2, 0) is 6.54 Å². The number of nitrogens with one attached hydrogen (secondary N) is 1. The minimum atomic E-state index is -1.46. The fraction of sp³-hybridized carbons (Fsp3) is 0.125. The van der Waals surface area contributed by atoms with E-state index in [0.717, 1.165) is 5.56 Å². The molecule has 3 aromatic rings. The highest BCUT2D eigenvalue weighted by atomic mass is 35.5. The first kappa shape index (κ1) is 16.5. The first-order valence-corrected chi connectivity index (χ1v) is 7.64. The van der Waals surface area contributed by atoms with Crippen LogP contribution in [0.4, 0.5) is 5.82 Å². The second kappa shape index (κ2) is 7.04. The molecule has 0 fully saturated rings. The number of benzene rings is 2. The van der Waals surface area contributed by atoms with Crippen molar-refractivity contribution in [2.45, 2.75) is 6.54 Å². The third kappa shape index (κ3) is 3.59. The predicted molar refractivity (Wildman–Crippen MR) is 94.7 cm³/mol. The minimum absolute atomic E-state index is 0.452. The van der Waals surface area contributed by atoms with E-state index in [9.17, 15) is 0 Å². The van der Waals surface area contributed by atoms with Crippen molar-refractivity contribution in [2.24, 2.45) is 0 Å². The molecule has 0 atom stereocenters. The number of hydrogen-bond acceptors (Lipinski definition) is 6. The Hall–Kier alpha value is -2.35. The summed E-state index contributed by atoms with van der Waals surface area (Å²) in [6.45, 7) is 0.534. The Bertz CT molecular complexity index is 859. The lowest BCUT2D eigenvalue weighted by molar-refractivity contribution is 0.415. The monoisotopic (exact) mass is 343 g/mol. The molecule has 0 saturated heterocycles. The smallest absolute Gasteiger partial charge is 0.488 e. The third-order valence-corrected chi connectivity index (χ3v) is 3.86. The van der Waals surface area contributed by atoms with Gasteiger partial charge in [-0.25, -0.2) is 4.98 Å². The van der Waals surface area contributed by atoms with Crippen LogP contribution in [0.3, 0.4) is 0 Å². The highest BCUT2D eigenvalue weighted by Gasteiger charge is 2.10. The topological polar surface area (TPSA) is 87.5 Å². The fourth-order valence-electron chi connectivity index (χ4n) is 2.26. The van der Waals surface area contributed by atoms with Crippen LogP contribution in [0, 0.1) is 0 Å². The second-order valence-electron chi connectivity index (χ2n) is 5.20. The minimum Gasteiger partial charge on any atom is -0.495 e. The van der Waals surface area contributed by atoms with Gasteiger partial charge in [0.05, 0.1) is 29.4 Å². The molecular formula is C16H15BClN3O3. The summed E-state index contributed by atoms with van der Waals surface area (Å²) in [6.07, 6.45) is 1.64. The summed E-state index contributed by atoms with van der Waals surface area (Å²) in [4.78, 5) is 8.83. The second-order valence-corrected chi connectivity index (χ2v) is 5.61. The van der Waals surface area contributed by atoms with Crippen LogP contribution in [-0.4, -0.2) is 34.2 Å². The molecule has 0 saturated carbocycles. The third-order valence-electron chi connectivity index (χ3n) is 3.57. The summed E-state index contributed by atoms with van der Waals surface area (Å²) in [5.41, 5.74) is 2.80. The summed E-state index contributed by atoms with van der Waals surface area (Å²) in [6, 6.07) is 10.4. The molecule has 6 nitrogen and oxygen atoms in total. The number of rotatable bonds is 5. The lowest BCUT2D eigenvalue weighted by Crippen LogP contribution is -2.29. The van der Waals surface area contributed by atoms with Crippen LogP contribution in [0.2, 0.25) is 5.02 Å². The summed E-state index contributed by atoms with van der Waals surface area (Å²) in [7, 11) is 0.0948. The molecule has 3 N–H and O–H groups in total. The zero-order valence-electron chi connectivity index (χ0n) is 12.9. The molecular weight excluding hydrogens is 328 g/mol. The van der Waals surface area contributed by atoms with Gasteiger partial charge in [0, 0.05) is 12.6 Å². The number of halogens is 1. The first-order valence-electron chi connectivity index (χ1n) is 7.26. The average molecular weight is 344 g/mol. The van der Waals surface area contributed by atoms with Gasteiger partial charge in [0.15, 0.2) is 0 Å². The van der Waals surface area contributed by atoms with Gasteiger partial charge < -0.3 is 20.1 Å². The van der Waals surface area contributed by atoms with Crippen molar-refractivity contribution in [1.29, 1.82) is 0 Å². The molecule has 0 radical (unpaired) electrons. The van der Waals surface area contributed by atoms with Gasteiger partial charge in [-0.2, -0.15) is 0 Å². The number of anilines is 1. The van der Waals surface area contributed by atoms with Crippen molar-refractivity contribution in [3.05, 3.63) is 53.2 Å². The molecule has 24 heavy (non-hydrogen) atoms. The quantitative estimate of drug-likeness (QED) is 0.610. The molecule has 0 aliphatic heterocycles. The summed E-state index contributed by atoms with van der Waals surface area (Å²) in [5.74, 6) is 1.18. The zero-order valence-corrected chi connectivity index (χ0v) is 13.7. The maximum Gasteiger partial charge on any atom is 0.488 e. The van der Waals surface area contributed by atoms with Crippen LogP contribution >= 0.6 is 11.6 Å². The molecule has 0 aliphatic rings. The van der Waals surface area contributed by atoms with Crippen LogP contribution in [0.15, 0.2) is 42.6 Å². The van der Waals surface area contributed by atoms with E-state index in [2.05, 4.69) is 15.3 Å². The number of nitrogens with zero attached hydrogens (tertiary/aromatic N) is 2. The van der Waals surface area contributed by atoms with E-state index in [1.54, 1.807) is 37.6 Å². The molecule has 2 aromatic carbocycles.